The van der Waals surface area contributed by atoms with Gasteiger partial charge in [-0.05, 0) is 31.4 Å². The lowest BCUT2D eigenvalue weighted by Gasteiger charge is -2.33. The SMILES string of the molecule is CC[C@@]12CCC3(O1)C(C(=O)Nc1ccccc1Cl)N(CCO)C(=O)[C@@H]3[C@@H]2C(=O)NC. The van der Waals surface area contributed by atoms with Crippen LogP contribution in [0.2, 0.25) is 5.02 Å². The second kappa shape index (κ2) is 7.51. The molecule has 0 radical (unpaired) electrons. The summed E-state index contributed by atoms with van der Waals surface area (Å²) in [5.74, 6) is -2.45. The van der Waals surface area contributed by atoms with Gasteiger partial charge in [0.05, 0.1) is 34.8 Å². The maximum Gasteiger partial charge on any atom is 0.250 e. The number of rotatable bonds is 6. The van der Waals surface area contributed by atoms with Crippen molar-refractivity contribution in [2.45, 2.75) is 43.4 Å². The summed E-state index contributed by atoms with van der Waals surface area (Å²) in [7, 11) is 1.54. The molecule has 5 atom stereocenters. The molecule has 0 saturated carbocycles. The monoisotopic (exact) mass is 435 g/mol. The Morgan fingerprint density at radius 3 is 2.67 bits per heavy atom. The molecule has 3 fully saturated rings. The summed E-state index contributed by atoms with van der Waals surface area (Å²) in [5.41, 5.74) is -1.44. The highest BCUT2D eigenvalue weighted by atomic mass is 35.5. The highest BCUT2D eigenvalue weighted by Gasteiger charge is 2.78. The molecule has 3 aliphatic heterocycles. The van der Waals surface area contributed by atoms with Gasteiger partial charge in [0.2, 0.25) is 17.7 Å². The van der Waals surface area contributed by atoms with Gasteiger partial charge in [-0.25, -0.2) is 0 Å². The molecule has 1 aromatic carbocycles. The van der Waals surface area contributed by atoms with Crippen LogP contribution in [0.1, 0.15) is 26.2 Å². The van der Waals surface area contributed by atoms with E-state index in [0.717, 1.165) is 0 Å². The molecule has 8 nitrogen and oxygen atoms in total. The van der Waals surface area contributed by atoms with E-state index in [0.29, 0.717) is 30.0 Å². The number of nitrogens with one attached hydrogen (secondary N) is 2. The summed E-state index contributed by atoms with van der Waals surface area (Å²) >= 11 is 6.20. The normalized spacial score (nSPS) is 34.2. The van der Waals surface area contributed by atoms with Crippen LogP contribution in [-0.2, 0) is 19.1 Å². The molecule has 3 aliphatic rings. The van der Waals surface area contributed by atoms with E-state index in [1.54, 1.807) is 24.3 Å². The highest BCUT2D eigenvalue weighted by molar-refractivity contribution is 6.33. The predicted octanol–water partition coefficient (Wildman–Crippen LogP) is 1.17. The van der Waals surface area contributed by atoms with Crippen molar-refractivity contribution in [3.05, 3.63) is 29.3 Å². The van der Waals surface area contributed by atoms with Crippen molar-refractivity contribution in [3.8, 4) is 0 Å². The van der Waals surface area contributed by atoms with Crippen LogP contribution in [0.5, 0.6) is 0 Å². The van der Waals surface area contributed by atoms with Crippen molar-refractivity contribution in [1.29, 1.82) is 0 Å². The molecule has 30 heavy (non-hydrogen) atoms. The molecule has 3 saturated heterocycles. The minimum absolute atomic E-state index is 0.0133. The number of fused-ring (bicyclic) bond motifs is 1. The first-order valence-corrected chi connectivity index (χ1v) is 10.6. The lowest BCUT2D eigenvalue weighted by Crippen LogP contribution is -2.53. The van der Waals surface area contributed by atoms with Crippen molar-refractivity contribution in [2.24, 2.45) is 11.8 Å². The van der Waals surface area contributed by atoms with Gasteiger partial charge in [0.15, 0.2) is 0 Å². The fraction of sp³-hybridized carbons (Fsp3) is 0.571. The summed E-state index contributed by atoms with van der Waals surface area (Å²) in [6.07, 6.45) is 1.65. The van der Waals surface area contributed by atoms with E-state index in [1.165, 1.54) is 11.9 Å². The first-order chi connectivity index (χ1) is 14.3. The van der Waals surface area contributed by atoms with E-state index in [1.807, 2.05) is 6.92 Å². The van der Waals surface area contributed by atoms with Gasteiger partial charge in [0, 0.05) is 13.6 Å². The maximum absolute atomic E-state index is 13.4. The van der Waals surface area contributed by atoms with E-state index in [9.17, 15) is 19.5 Å². The minimum atomic E-state index is -1.11. The average molecular weight is 436 g/mol. The van der Waals surface area contributed by atoms with Crippen LogP contribution in [-0.4, -0.2) is 65.2 Å². The van der Waals surface area contributed by atoms with Crippen molar-refractivity contribution < 1.29 is 24.2 Å². The molecule has 4 rings (SSSR count). The van der Waals surface area contributed by atoms with Gasteiger partial charge in [-0.2, -0.15) is 0 Å². The number of amides is 3. The number of β-amino-alcohol motifs (C(OH)–C–C–N with tert-alkyl or cyclic N) is 1. The quantitative estimate of drug-likeness (QED) is 0.621. The van der Waals surface area contributed by atoms with E-state index < -0.39 is 35.0 Å². The smallest absolute Gasteiger partial charge is 0.250 e. The number of anilines is 1. The Morgan fingerprint density at radius 1 is 1.30 bits per heavy atom. The molecule has 162 valence electrons. The van der Waals surface area contributed by atoms with E-state index in [2.05, 4.69) is 10.6 Å². The number of aliphatic hydroxyl groups is 1. The standard InChI is InChI=1S/C21H26ClN3O5/c1-3-20-8-9-21(30-20)15(14(20)17(27)23-2)19(29)25(10-11-26)16(21)18(28)24-13-7-5-4-6-12(13)22/h4-7,14-16,26H,3,8-11H2,1-2H3,(H,23,27)(H,24,28)/t14-,15+,16?,20+,21?/m1/s1. The number of halogens is 1. The molecule has 0 aromatic heterocycles. The van der Waals surface area contributed by atoms with Gasteiger partial charge in [-0.15, -0.1) is 0 Å². The lowest BCUT2D eigenvalue weighted by atomic mass is 9.65. The van der Waals surface area contributed by atoms with Gasteiger partial charge in [-0.1, -0.05) is 30.7 Å². The summed E-state index contributed by atoms with van der Waals surface area (Å²) in [5, 5.41) is 15.4. The number of ether oxygens (including phenoxy) is 1. The topological polar surface area (TPSA) is 108 Å². The summed E-state index contributed by atoms with van der Waals surface area (Å²) in [6, 6.07) is 5.89. The fourth-order valence-electron chi connectivity index (χ4n) is 5.68. The largest absolute Gasteiger partial charge is 0.395 e. The third kappa shape index (κ3) is 2.77. The van der Waals surface area contributed by atoms with E-state index >= 15 is 0 Å². The Morgan fingerprint density at radius 2 is 2.03 bits per heavy atom. The number of benzene rings is 1. The highest BCUT2D eigenvalue weighted by Crippen LogP contribution is 2.64. The number of hydrogen-bond donors (Lipinski definition) is 3. The van der Waals surface area contributed by atoms with Gasteiger partial charge >= 0.3 is 0 Å². The maximum atomic E-state index is 13.4. The first-order valence-electron chi connectivity index (χ1n) is 10.2. The average Bonchev–Trinajstić information content (AvgIpc) is 3.33. The van der Waals surface area contributed by atoms with Crippen molar-refractivity contribution in [2.75, 3.05) is 25.5 Å². The molecule has 3 amide bonds. The molecule has 2 unspecified atom stereocenters. The molecule has 2 bridgehead atoms. The van der Waals surface area contributed by atoms with Crippen LogP contribution < -0.4 is 10.6 Å². The molecule has 1 spiro atoms. The van der Waals surface area contributed by atoms with Crippen LogP contribution in [0.15, 0.2) is 24.3 Å². The fourth-order valence-corrected chi connectivity index (χ4v) is 5.87. The number of carbonyl (C=O) groups is 3. The van der Waals surface area contributed by atoms with Crippen LogP contribution in [0.3, 0.4) is 0 Å². The Labute approximate surface area is 179 Å². The van der Waals surface area contributed by atoms with Gasteiger partial charge in [0.25, 0.3) is 0 Å². The Bertz CT molecular complexity index is 895. The third-order valence-corrected chi connectivity index (χ3v) is 7.26. The van der Waals surface area contributed by atoms with Gasteiger partial charge in [-0.3, -0.25) is 14.4 Å². The minimum Gasteiger partial charge on any atom is -0.395 e. The second-order valence-corrected chi connectivity index (χ2v) is 8.58. The zero-order valence-corrected chi connectivity index (χ0v) is 17.7. The molecular weight excluding hydrogens is 410 g/mol. The predicted molar refractivity (Wildman–Crippen MR) is 110 cm³/mol. The lowest BCUT2D eigenvalue weighted by molar-refractivity contribution is -0.146. The molecular formula is C21H26ClN3O5. The molecule has 0 aliphatic carbocycles. The molecule has 3 heterocycles. The van der Waals surface area contributed by atoms with Crippen LogP contribution in [0.4, 0.5) is 5.69 Å². The number of aliphatic hydroxyl groups excluding tert-OH is 1. The second-order valence-electron chi connectivity index (χ2n) is 8.17. The van der Waals surface area contributed by atoms with Crippen LogP contribution in [0, 0.1) is 11.8 Å². The van der Waals surface area contributed by atoms with Crippen molar-refractivity contribution in [1.82, 2.24) is 10.2 Å². The summed E-state index contributed by atoms with van der Waals surface area (Å²) in [4.78, 5) is 41.0. The zero-order valence-electron chi connectivity index (χ0n) is 17.0. The molecule has 3 N–H and O–H groups in total. The van der Waals surface area contributed by atoms with Crippen LogP contribution in [0.25, 0.3) is 0 Å². The first kappa shape index (κ1) is 21.1. The van der Waals surface area contributed by atoms with Crippen molar-refractivity contribution in [3.63, 3.8) is 0 Å². The van der Waals surface area contributed by atoms with Gasteiger partial charge in [0.1, 0.15) is 11.6 Å². The summed E-state index contributed by atoms with van der Waals surface area (Å²) in [6.45, 7) is 1.62. The third-order valence-electron chi connectivity index (χ3n) is 6.93. The Hall–Kier alpha value is -2.16. The number of para-hydroxylation sites is 1. The van der Waals surface area contributed by atoms with Crippen molar-refractivity contribution >= 4 is 35.0 Å². The summed E-state index contributed by atoms with van der Waals surface area (Å²) < 4.78 is 6.51. The Balaban J connectivity index is 1.76. The number of nitrogens with zero attached hydrogens (tertiary/aromatic N) is 1. The number of hydrogen-bond acceptors (Lipinski definition) is 5. The van der Waals surface area contributed by atoms with Crippen LogP contribution >= 0.6 is 11.6 Å². The van der Waals surface area contributed by atoms with Gasteiger partial charge < -0.3 is 25.4 Å². The number of carbonyl (C=O) groups excluding carboxylic acids is 3. The molecule has 1 aromatic rings. The molecule has 9 heteroatoms. The van der Waals surface area contributed by atoms with E-state index in [-0.39, 0.29) is 25.0 Å². The zero-order chi connectivity index (χ0) is 21.7. The van der Waals surface area contributed by atoms with E-state index in [4.69, 9.17) is 16.3 Å². The number of likely N-dealkylation sites (tertiary alicyclic amines) is 1. The Kier molecular flexibility index (Phi) is 5.28.